The van der Waals surface area contributed by atoms with Gasteiger partial charge in [-0.3, -0.25) is 0 Å². The van der Waals surface area contributed by atoms with Gasteiger partial charge < -0.3 is 15.5 Å². The fourth-order valence-electron chi connectivity index (χ4n) is 1.58. The lowest BCUT2D eigenvalue weighted by Gasteiger charge is -2.04. The Morgan fingerprint density at radius 3 is 2.94 bits per heavy atom. The van der Waals surface area contributed by atoms with Crippen LogP contribution >= 0.6 is 11.3 Å². The summed E-state index contributed by atoms with van der Waals surface area (Å²) < 4.78 is 1.86. The van der Waals surface area contributed by atoms with E-state index in [4.69, 9.17) is 10.9 Å². The third-order valence-corrected chi connectivity index (χ3v) is 3.66. The van der Waals surface area contributed by atoms with Crippen molar-refractivity contribution >= 4 is 17.2 Å². The number of aryl methyl sites for hydroxylation is 1. The predicted octanol–water partition coefficient (Wildman–Crippen LogP) is 1.65. The van der Waals surface area contributed by atoms with Gasteiger partial charge in [-0.25, -0.2) is 4.98 Å². The fourth-order valence-corrected chi connectivity index (χ4v) is 2.54. The summed E-state index contributed by atoms with van der Waals surface area (Å²) in [6, 6.07) is 4.22. The second-order valence-electron chi connectivity index (χ2n) is 3.59. The van der Waals surface area contributed by atoms with Gasteiger partial charge in [-0.2, -0.15) is 0 Å². The summed E-state index contributed by atoms with van der Waals surface area (Å²) in [6.45, 7) is 2.82. The van der Waals surface area contributed by atoms with Crippen LogP contribution in [0, 0.1) is 0 Å². The van der Waals surface area contributed by atoms with E-state index in [0.29, 0.717) is 12.4 Å². The molecule has 0 unspecified atom stereocenters. The van der Waals surface area contributed by atoms with E-state index in [1.165, 1.54) is 9.75 Å². The summed E-state index contributed by atoms with van der Waals surface area (Å²) >= 11 is 1.77. The first-order valence-corrected chi connectivity index (χ1v) is 6.13. The van der Waals surface area contributed by atoms with E-state index in [2.05, 4.69) is 29.2 Å². The molecule has 0 atom stereocenters. The maximum Gasteiger partial charge on any atom is 0.206 e. The Bertz CT molecular complexity index is 529. The van der Waals surface area contributed by atoms with Gasteiger partial charge in [0.05, 0.1) is 6.54 Å². The molecule has 90 valence electrons. The molecule has 0 aromatic carbocycles. The second-order valence-corrected chi connectivity index (χ2v) is 4.84. The van der Waals surface area contributed by atoms with E-state index < -0.39 is 0 Å². The Morgan fingerprint density at radius 2 is 2.29 bits per heavy atom. The molecule has 0 aliphatic rings. The highest BCUT2D eigenvalue weighted by molar-refractivity contribution is 7.11. The molecule has 0 amide bonds. The van der Waals surface area contributed by atoms with Crippen molar-refractivity contribution < 1.29 is 5.21 Å². The highest BCUT2D eigenvalue weighted by atomic mass is 32.1. The molecule has 0 aliphatic carbocycles. The molecular formula is C11H14N4OS. The predicted molar refractivity (Wildman–Crippen MR) is 67.5 cm³/mol. The normalized spacial score (nSPS) is 11.9. The molecular weight excluding hydrogens is 236 g/mol. The molecule has 2 rings (SSSR count). The summed E-state index contributed by atoms with van der Waals surface area (Å²) in [4.78, 5) is 6.64. The number of hydrogen-bond donors (Lipinski definition) is 2. The SMILES string of the molecule is CCc1ccc(Cn2ccnc2C(N)=NO)s1. The van der Waals surface area contributed by atoms with E-state index in [1.54, 1.807) is 17.5 Å². The van der Waals surface area contributed by atoms with Crippen molar-refractivity contribution in [2.45, 2.75) is 19.9 Å². The lowest BCUT2D eigenvalue weighted by Crippen LogP contribution is -2.19. The van der Waals surface area contributed by atoms with Crippen molar-refractivity contribution in [1.82, 2.24) is 9.55 Å². The molecule has 0 bridgehead atoms. The number of thiophene rings is 1. The molecule has 3 N–H and O–H groups in total. The first-order valence-electron chi connectivity index (χ1n) is 5.31. The molecule has 0 radical (unpaired) electrons. The molecule has 0 saturated heterocycles. The van der Waals surface area contributed by atoms with Gasteiger partial charge >= 0.3 is 0 Å². The molecule has 2 aromatic heterocycles. The number of hydrogen-bond acceptors (Lipinski definition) is 4. The molecule has 0 aliphatic heterocycles. The number of imidazole rings is 1. The standard InChI is InChI=1S/C11H14N4OS/c1-2-8-3-4-9(17-8)7-15-6-5-13-11(15)10(12)14-16/h3-6,16H,2,7H2,1H3,(H2,12,14). The van der Waals surface area contributed by atoms with Crippen LogP contribution in [0.5, 0.6) is 0 Å². The van der Waals surface area contributed by atoms with E-state index in [-0.39, 0.29) is 5.84 Å². The molecule has 0 saturated carbocycles. The molecule has 2 heterocycles. The molecule has 17 heavy (non-hydrogen) atoms. The van der Waals surface area contributed by atoms with E-state index in [9.17, 15) is 0 Å². The van der Waals surface area contributed by atoms with E-state index in [1.807, 2.05) is 10.8 Å². The lowest BCUT2D eigenvalue weighted by molar-refractivity contribution is 0.318. The summed E-state index contributed by atoms with van der Waals surface area (Å²) in [5.41, 5.74) is 5.54. The largest absolute Gasteiger partial charge is 0.409 e. The second kappa shape index (κ2) is 5.01. The van der Waals surface area contributed by atoms with Gasteiger partial charge in [0.2, 0.25) is 5.84 Å². The van der Waals surface area contributed by atoms with Gasteiger partial charge in [-0.1, -0.05) is 12.1 Å². The number of rotatable bonds is 4. The van der Waals surface area contributed by atoms with Crippen molar-refractivity contribution in [3.8, 4) is 0 Å². The zero-order chi connectivity index (χ0) is 12.3. The molecule has 0 spiro atoms. The quantitative estimate of drug-likeness (QED) is 0.375. The van der Waals surface area contributed by atoms with Crippen LogP contribution in [0.1, 0.15) is 22.5 Å². The lowest BCUT2D eigenvalue weighted by atomic mass is 10.3. The van der Waals surface area contributed by atoms with E-state index in [0.717, 1.165) is 6.42 Å². The minimum absolute atomic E-state index is 0.0299. The van der Waals surface area contributed by atoms with Crippen molar-refractivity contribution in [2.24, 2.45) is 10.9 Å². The van der Waals surface area contributed by atoms with Crippen molar-refractivity contribution in [2.75, 3.05) is 0 Å². The summed E-state index contributed by atoms with van der Waals surface area (Å²) in [5, 5.41) is 11.6. The minimum atomic E-state index is 0.0299. The maximum absolute atomic E-state index is 8.65. The molecule has 0 fully saturated rings. The van der Waals surface area contributed by atoms with Crippen LogP contribution < -0.4 is 5.73 Å². The zero-order valence-corrected chi connectivity index (χ0v) is 10.3. The average Bonchev–Trinajstić information content (AvgIpc) is 2.97. The topological polar surface area (TPSA) is 76.4 Å². The van der Waals surface area contributed by atoms with Crippen molar-refractivity contribution in [3.63, 3.8) is 0 Å². The third-order valence-electron chi connectivity index (χ3n) is 2.44. The number of amidine groups is 1. The molecule has 6 heteroatoms. The van der Waals surface area contributed by atoms with Gasteiger partial charge in [0, 0.05) is 22.1 Å². The molecule has 2 aromatic rings. The van der Waals surface area contributed by atoms with Gasteiger partial charge in [-0.05, 0) is 18.6 Å². The van der Waals surface area contributed by atoms with Crippen LogP contribution in [-0.2, 0) is 13.0 Å². The van der Waals surface area contributed by atoms with Crippen LogP contribution in [0.15, 0.2) is 29.7 Å². The smallest absolute Gasteiger partial charge is 0.206 e. The van der Waals surface area contributed by atoms with Crippen LogP contribution in [0.2, 0.25) is 0 Å². The highest BCUT2D eigenvalue weighted by Crippen LogP contribution is 2.18. The first-order chi connectivity index (χ1) is 8.24. The highest BCUT2D eigenvalue weighted by Gasteiger charge is 2.09. The monoisotopic (exact) mass is 250 g/mol. The Hall–Kier alpha value is -1.82. The minimum Gasteiger partial charge on any atom is -0.409 e. The van der Waals surface area contributed by atoms with E-state index >= 15 is 0 Å². The number of oxime groups is 1. The third kappa shape index (κ3) is 2.47. The van der Waals surface area contributed by atoms with Crippen LogP contribution in [0.25, 0.3) is 0 Å². The zero-order valence-electron chi connectivity index (χ0n) is 9.50. The maximum atomic E-state index is 8.65. The Labute approximate surface area is 103 Å². The Kier molecular flexibility index (Phi) is 3.43. The fraction of sp³-hybridized carbons (Fsp3) is 0.273. The van der Waals surface area contributed by atoms with Gasteiger partial charge in [0.15, 0.2) is 5.82 Å². The Morgan fingerprint density at radius 1 is 1.53 bits per heavy atom. The molecule has 5 nitrogen and oxygen atoms in total. The Balaban J connectivity index is 2.21. The summed E-state index contributed by atoms with van der Waals surface area (Å²) in [6.07, 6.45) is 4.50. The van der Waals surface area contributed by atoms with Crippen molar-refractivity contribution in [1.29, 1.82) is 0 Å². The number of nitrogens with zero attached hydrogens (tertiary/aromatic N) is 3. The number of nitrogens with two attached hydrogens (primary N) is 1. The van der Waals surface area contributed by atoms with Crippen molar-refractivity contribution in [3.05, 3.63) is 40.1 Å². The van der Waals surface area contributed by atoms with Crippen LogP contribution in [0.3, 0.4) is 0 Å². The van der Waals surface area contributed by atoms with Gasteiger partial charge in [0.1, 0.15) is 0 Å². The summed E-state index contributed by atoms with van der Waals surface area (Å²) in [7, 11) is 0. The van der Waals surface area contributed by atoms with Gasteiger partial charge in [0.25, 0.3) is 0 Å². The first kappa shape index (κ1) is 11.7. The van der Waals surface area contributed by atoms with Gasteiger partial charge in [-0.15, -0.1) is 11.3 Å². The number of aromatic nitrogens is 2. The summed E-state index contributed by atoms with van der Waals surface area (Å²) in [5.74, 6) is 0.515. The average molecular weight is 250 g/mol. The van der Waals surface area contributed by atoms with Crippen LogP contribution in [0.4, 0.5) is 0 Å². The van der Waals surface area contributed by atoms with Crippen LogP contribution in [-0.4, -0.2) is 20.6 Å².